The van der Waals surface area contributed by atoms with Crippen LogP contribution in [0.25, 0.3) is 11.3 Å². The van der Waals surface area contributed by atoms with Crippen LogP contribution in [0.3, 0.4) is 0 Å². The summed E-state index contributed by atoms with van der Waals surface area (Å²) in [6, 6.07) is 13.4. The number of amides is 1. The molecule has 2 heterocycles. The summed E-state index contributed by atoms with van der Waals surface area (Å²) in [4.78, 5) is 16.5. The van der Waals surface area contributed by atoms with Gasteiger partial charge in [0.25, 0.3) is 5.91 Å². The molecule has 6 heteroatoms. The summed E-state index contributed by atoms with van der Waals surface area (Å²) in [5.41, 5.74) is 3.62. The van der Waals surface area contributed by atoms with E-state index in [1.165, 1.54) is 12.8 Å². The van der Waals surface area contributed by atoms with Gasteiger partial charge in [-0.05, 0) is 55.3 Å². The number of halogens is 1. The molecule has 1 saturated carbocycles. The lowest BCUT2D eigenvalue weighted by Crippen LogP contribution is -2.23. The van der Waals surface area contributed by atoms with Crippen molar-refractivity contribution in [2.75, 3.05) is 0 Å². The normalized spacial score (nSPS) is 14.4. The summed E-state index contributed by atoms with van der Waals surface area (Å²) in [5, 5.41) is 8.37. The molecule has 27 heavy (non-hydrogen) atoms. The fourth-order valence-corrected chi connectivity index (χ4v) is 3.70. The molecule has 1 amide bonds. The molecule has 138 valence electrons. The Morgan fingerprint density at radius 2 is 1.81 bits per heavy atom. The van der Waals surface area contributed by atoms with Crippen molar-refractivity contribution in [2.24, 2.45) is 0 Å². The average molecular weight is 381 g/mol. The first kappa shape index (κ1) is 17.7. The molecule has 0 bridgehead atoms. The minimum absolute atomic E-state index is 0.132. The number of carbonyl (C=O) groups is 1. The van der Waals surface area contributed by atoms with Crippen LogP contribution in [-0.2, 0) is 6.54 Å². The van der Waals surface area contributed by atoms with E-state index in [0.29, 0.717) is 23.2 Å². The van der Waals surface area contributed by atoms with Crippen molar-refractivity contribution in [3.8, 4) is 11.3 Å². The molecule has 1 aliphatic carbocycles. The summed E-state index contributed by atoms with van der Waals surface area (Å²) in [5.74, 6) is -0.132. The van der Waals surface area contributed by atoms with Crippen LogP contribution in [0, 0.1) is 0 Å². The lowest BCUT2D eigenvalue weighted by atomic mass is 10.1. The Morgan fingerprint density at radius 1 is 1.11 bits per heavy atom. The summed E-state index contributed by atoms with van der Waals surface area (Å²) in [6.07, 6.45) is 8.37. The quantitative estimate of drug-likeness (QED) is 0.701. The van der Waals surface area contributed by atoms with Crippen LogP contribution < -0.4 is 5.32 Å². The SMILES string of the molecule is O=C(NCc1cc(-c2ccncc2)n(C2CCCC2)n1)c1ccc(Cl)cc1. The van der Waals surface area contributed by atoms with Gasteiger partial charge < -0.3 is 5.32 Å². The number of nitrogens with one attached hydrogen (secondary N) is 1. The number of hydrogen-bond donors (Lipinski definition) is 1. The van der Waals surface area contributed by atoms with E-state index >= 15 is 0 Å². The Bertz CT molecular complexity index is 915. The average Bonchev–Trinajstić information content (AvgIpc) is 3.37. The van der Waals surface area contributed by atoms with Gasteiger partial charge in [-0.3, -0.25) is 14.5 Å². The predicted molar refractivity (Wildman–Crippen MR) is 106 cm³/mol. The predicted octanol–water partition coefficient (Wildman–Crippen LogP) is 4.64. The summed E-state index contributed by atoms with van der Waals surface area (Å²) >= 11 is 5.88. The van der Waals surface area contributed by atoms with Crippen molar-refractivity contribution in [3.63, 3.8) is 0 Å². The van der Waals surface area contributed by atoms with E-state index < -0.39 is 0 Å². The molecule has 1 aliphatic rings. The van der Waals surface area contributed by atoms with Gasteiger partial charge >= 0.3 is 0 Å². The molecule has 4 rings (SSSR count). The van der Waals surface area contributed by atoms with Gasteiger partial charge in [0, 0.05) is 28.5 Å². The second-order valence-corrected chi connectivity index (χ2v) is 7.27. The molecule has 1 aromatic carbocycles. The molecule has 0 radical (unpaired) electrons. The first-order chi connectivity index (χ1) is 13.2. The second kappa shape index (κ2) is 7.92. The summed E-state index contributed by atoms with van der Waals surface area (Å²) < 4.78 is 2.13. The molecule has 0 atom stereocenters. The Balaban J connectivity index is 1.54. The zero-order valence-corrected chi connectivity index (χ0v) is 15.7. The maximum absolute atomic E-state index is 12.4. The molecule has 0 aliphatic heterocycles. The van der Waals surface area contributed by atoms with E-state index in [2.05, 4.69) is 21.0 Å². The van der Waals surface area contributed by atoms with Crippen molar-refractivity contribution in [2.45, 2.75) is 38.3 Å². The number of pyridine rings is 1. The van der Waals surface area contributed by atoms with Crippen LogP contribution >= 0.6 is 11.6 Å². The van der Waals surface area contributed by atoms with Gasteiger partial charge in [-0.1, -0.05) is 24.4 Å². The van der Waals surface area contributed by atoms with E-state index in [1.54, 1.807) is 36.7 Å². The van der Waals surface area contributed by atoms with Crippen molar-refractivity contribution >= 4 is 17.5 Å². The molecular weight excluding hydrogens is 360 g/mol. The molecule has 2 aromatic heterocycles. The highest BCUT2D eigenvalue weighted by molar-refractivity contribution is 6.30. The Morgan fingerprint density at radius 3 is 2.52 bits per heavy atom. The maximum atomic E-state index is 12.4. The van der Waals surface area contributed by atoms with Crippen LogP contribution in [0.2, 0.25) is 5.02 Å². The second-order valence-electron chi connectivity index (χ2n) is 6.83. The fraction of sp³-hybridized carbons (Fsp3) is 0.286. The van der Waals surface area contributed by atoms with E-state index in [4.69, 9.17) is 16.7 Å². The summed E-state index contributed by atoms with van der Waals surface area (Å²) in [7, 11) is 0. The number of nitrogens with zero attached hydrogens (tertiary/aromatic N) is 3. The van der Waals surface area contributed by atoms with Crippen molar-refractivity contribution < 1.29 is 4.79 Å². The summed E-state index contributed by atoms with van der Waals surface area (Å²) in [6.45, 7) is 0.388. The number of carbonyl (C=O) groups excluding carboxylic acids is 1. The highest BCUT2D eigenvalue weighted by Gasteiger charge is 2.22. The number of hydrogen-bond acceptors (Lipinski definition) is 3. The third-order valence-electron chi connectivity index (χ3n) is 4.97. The molecule has 3 aromatic rings. The first-order valence-electron chi connectivity index (χ1n) is 9.23. The maximum Gasteiger partial charge on any atom is 0.251 e. The van der Waals surface area contributed by atoms with Crippen molar-refractivity contribution in [3.05, 3.63) is 71.1 Å². The van der Waals surface area contributed by atoms with Gasteiger partial charge in [0.05, 0.1) is 24.0 Å². The molecule has 0 spiro atoms. The Hall–Kier alpha value is -2.66. The molecule has 0 unspecified atom stereocenters. The van der Waals surface area contributed by atoms with Gasteiger partial charge in [-0.15, -0.1) is 0 Å². The molecule has 0 saturated heterocycles. The molecular formula is C21H21ClN4O. The van der Waals surface area contributed by atoms with Crippen LogP contribution in [-0.4, -0.2) is 20.7 Å². The number of rotatable bonds is 5. The van der Waals surface area contributed by atoms with E-state index in [-0.39, 0.29) is 5.91 Å². The number of aromatic nitrogens is 3. The highest BCUT2D eigenvalue weighted by Crippen LogP contribution is 2.33. The molecule has 1 N–H and O–H groups in total. The van der Waals surface area contributed by atoms with Crippen LogP contribution in [0.15, 0.2) is 54.9 Å². The zero-order valence-electron chi connectivity index (χ0n) is 14.9. The van der Waals surface area contributed by atoms with Crippen molar-refractivity contribution in [1.82, 2.24) is 20.1 Å². The van der Waals surface area contributed by atoms with E-state index in [1.807, 2.05) is 12.1 Å². The van der Waals surface area contributed by atoms with Gasteiger partial charge in [-0.25, -0.2) is 0 Å². The number of benzene rings is 1. The van der Waals surface area contributed by atoms with Crippen LogP contribution in [0.1, 0.15) is 47.8 Å². The zero-order chi connectivity index (χ0) is 18.6. The van der Waals surface area contributed by atoms with E-state index in [9.17, 15) is 4.79 Å². The lowest BCUT2D eigenvalue weighted by Gasteiger charge is -2.14. The smallest absolute Gasteiger partial charge is 0.251 e. The lowest BCUT2D eigenvalue weighted by molar-refractivity contribution is 0.0950. The first-order valence-corrected chi connectivity index (χ1v) is 9.61. The third kappa shape index (κ3) is 4.03. The topological polar surface area (TPSA) is 59.8 Å². The van der Waals surface area contributed by atoms with Gasteiger partial charge in [0.15, 0.2) is 0 Å². The third-order valence-corrected chi connectivity index (χ3v) is 5.22. The Kier molecular flexibility index (Phi) is 5.21. The van der Waals surface area contributed by atoms with Crippen LogP contribution in [0.4, 0.5) is 0 Å². The largest absolute Gasteiger partial charge is 0.346 e. The molecule has 1 fully saturated rings. The highest BCUT2D eigenvalue weighted by atomic mass is 35.5. The Labute approximate surface area is 163 Å². The van der Waals surface area contributed by atoms with Gasteiger partial charge in [0.2, 0.25) is 0 Å². The minimum Gasteiger partial charge on any atom is -0.346 e. The standard InChI is InChI=1S/C21H21ClN4O/c22-17-7-5-16(6-8-17)21(27)24-14-18-13-20(15-9-11-23-12-10-15)26(25-18)19-3-1-2-4-19/h5-13,19H,1-4,14H2,(H,24,27). The monoisotopic (exact) mass is 380 g/mol. The van der Waals surface area contributed by atoms with Gasteiger partial charge in [0.1, 0.15) is 0 Å². The van der Waals surface area contributed by atoms with Crippen molar-refractivity contribution in [1.29, 1.82) is 0 Å². The fourth-order valence-electron chi connectivity index (χ4n) is 3.57. The van der Waals surface area contributed by atoms with E-state index in [0.717, 1.165) is 29.8 Å². The van der Waals surface area contributed by atoms with Gasteiger partial charge in [-0.2, -0.15) is 5.10 Å². The van der Waals surface area contributed by atoms with Crippen LogP contribution in [0.5, 0.6) is 0 Å². The minimum atomic E-state index is -0.132. The molecule has 5 nitrogen and oxygen atoms in total.